The average Bonchev–Trinajstić information content (AvgIpc) is 2.98. The fraction of sp³-hybridized carbons (Fsp3) is 0.556. The van der Waals surface area contributed by atoms with Gasteiger partial charge >= 0.3 is 0 Å². The summed E-state index contributed by atoms with van der Waals surface area (Å²) in [4.78, 5) is 17.7. The summed E-state index contributed by atoms with van der Waals surface area (Å²) < 4.78 is 0. The Hall–Kier alpha value is -1.03. The summed E-state index contributed by atoms with van der Waals surface area (Å²) in [6.07, 6.45) is 5.34. The van der Waals surface area contributed by atoms with Gasteiger partial charge in [0, 0.05) is 30.2 Å². The topological polar surface area (TPSA) is 57.8 Å². The molecule has 1 saturated carbocycles. The number of aromatic nitrogens is 2. The van der Waals surface area contributed by atoms with Gasteiger partial charge in [0.2, 0.25) is 0 Å². The van der Waals surface area contributed by atoms with Gasteiger partial charge < -0.3 is 10.3 Å². The van der Waals surface area contributed by atoms with Gasteiger partial charge in [0.1, 0.15) is 0 Å². The van der Waals surface area contributed by atoms with Gasteiger partial charge in [-0.3, -0.25) is 4.79 Å². The Balaban J connectivity index is 1.99. The normalized spacial score (nSPS) is 17.8. The summed E-state index contributed by atoms with van der Waals surface area (Å²) in [6, 6.07) is 0. The number of hydrogen-bond donors (Lipinski definition) is 2. The highest BCUT2D eigenvalue weighted by Gasteiger charge is 2.41. The highest BCUT2D eigenvalue weighted by molar-refractivity contribution is 6.18. The largest absolute Gasteiger partial charge is 0.365 e. The van der Waals surface area contributed by atoms with Crippen LogP contribution < -0.4 is 10.9 Å². The number of hydrogen-bond acceptors (Lipinski definition) is 3. The molecule has 1 heterocycles. The first kappa shape index (κ1) is 9.52. The number of anilines is 1. The zero-order valence-corrected chi connectivity index (χ0v) is 8.47. The minimum absolute atomic E-state index is 0.183. The second kappa shape index (κ2) is 3.61. The van der Waals surface area contributed by atoms with Gasteiger partial charge in [0.05, 0.1) is 0 Å². The van der Waals surface area contributed by atoms with Crippen molar-refractivity contribution in [3.63, 3.8) is 0 Å². The van der Waals surface area contributed by atoms with Crippen LogP contribution >= 0.6 is 11.6 Å². The molecule has 76 valence electrons. The molecular weight excluding hydrogens is 202 g/mol. The number of halogens is 1. The molecule has 0 spiro atoms. The molecule has 0 saturated heterocycles. The minimum Gasteiger partial charge on any atom is -0.365 e. The SMILES string of the molecule is O=c1[nH]ccnc1NCC1(CCl)CC1. The van der Waals surface area contributed by atoms with Crippen LogP contribution in [0.3, 0.4) is 0 Å². The predicted molar refractivity (Wildman–Crippen MR) is 55.7 cm³/mol. The third-order valence-electron chi connectivity index (χ3n) is 2.58. The fourth-order valence-corrected chi connectivity index (χ4v) is 1.65. The molecule has 1 fully saturated rings. The van der Waals surface area contributed by atoms with Crippen LogP contribution in [-0.4, -0.2) is 22.4 Å². The van der Waals surface area contributed by atoms with Crippen molar-refractivity contribution in [3.05, 3.63) is 22.7 Å². The van der Waals surface area contributed by atoms with E-state index in [1.54, 1.807) is 6.20 Å². The van der Waals surface area contributed by atoms with Crippen LogP contribution in [-0.2, 0) is 0 Å². The molecule has 1 aliphatic carbocycles. The van der Waals surface area contributed by atoms with Crippen molar-refractivity contribution in [1.82, 2.24) is 9.97 Å². The minimum atomic E-state index is -0.183. The average molecular weight is 214 g/mol. The van der Waals surface area contributed by atoms with Crippen LogP contribution in [0.15, 0.2) is 17.2 Å². The van der Waals surface area contributed by atoms with Gasteiger partial charge in [-0.2, -0.15) is 0 Å². The number of alkyl halides is 1. The number of aromatic amines is 1. The van der Waals surface area contributed by atoms with Gasteiger partial charge in [-0.25, -0.2) is 4.98 Å². The Kier molecular flexibility index (Phi) is 2.46. The van der Waals surface area contributed by atoms with Crippen molar-refractivity contribution >= 4 is 17.4 Å². The van der Waals surface area contributed by atoms with E-state index in [0.29, 0.717) is 11.7 Å². The van der Waals surface area contributed by atoms with Gasteiger partial charge in [-0.05, 0) is 12.8 Å². The first-order valence-electron chi connectivity index (χ1n) is 4.59. The molecule has 0 aromatic carbocycles. The molecule has 1 aromatic rings. The Morgan fingerprint density at radius 3 is 3.00 bits per heavy atom. The molecular formula is C9H12ClN3O. The molecule has 5 heteroatoms. The highest BCUT2D eigenvalue weighted by Crippen LogP contribution is 2.46. The molecule has 2 N–H and O–H groups in total. The lowest BCUT2D eigenvalue weighted by molar-refractivity contribution is 0.616. The molecule has 0 aliphatic heterocycles. The Bertz CT molecular complexity index is 372. The van der Waals surface area contributed by atoms with Crippen LogP contribution in [0.5, 0.6) is 0 Å². The van der Waals surface area contributed by atoms with Crippen molar-refractivity contribution in [2.75, 3.05) is 17.7 Å². The molecule has 14 heavy (non-hydrogen) atoms. The lowest BCUT2D eigenvalue weighted by Crippen LogP contribution is -2.22. The van der Waals surface area contributed by atoms with Crippen molar-refractivity contribution < 1.29 is 0 Å². The third kappa shape index (κ3) is 1.90. The van der Waals surface area contributed by atoms with Gasteiger partial charge in [-0.1, -0.05) is 0 Å². The van der Waals surface area contributed by atoms with E-state index < -0.39 is 0 Å². The summed E-state index contributed by atoms with van der Waals surface area (Å²) in [5, 5.41) is 3.03. The number of H-pyrrole nitrogens is 1. The zero-order valence-electron chi connectivity index (χ0n) is 7.72. The van der Waals surface area contributed by atoms with Crippen molar-refractivity contribution in [2.24, 2.45) is 5.41 Å². The van der Waals surface area contributed by atoms with Crippen molar-refractivity contribution in [2.45, 2.75) is 12.8 Å². The number of nitrogens with one attached hydrogen (secondary N) is 2. The van der Waals surface area contributed by atoms with E-state index in [-0.39, 0.29) is 11.0 Å². The second-order valence-corrected chi connectivity index (χ2v) is 4.02. The Morgan fingerprint density at radius 2 is 2.43 bits per heavy atom. The molecule has 0 radical (unpaired) electrons. The maximum atomic E-state index is 11.2. The number of nitrogens with zero attached hydrogens (tertiary/aromatic N) is 1. The number of rotatable bonds is 4. The van der Waals surface area contributed by atoms with E-state index in [0.717, 1.165) is 19.4 Å². The summed E-state index contributed by atoms with van der Waals surface area (Å²) in [5.41, 5.74) is 0.0174. The quantitative estimate of drug-likeness (QED) is 0.739. The van der Waals surface area contributed by atoms with Crippen molar-refractivity contribution in [3.8, 4) is 0 Å². The lowest BCUT2D eigenvalue weighted by Gasteiger charge is -2.11. The molecule has 4 nitrogen and oxygen atoms in total. The summed E-state index contributed by atoms with van der Waals surface area (Å²) in [6.45, 7) is 0.733. The van der Waals surface area contributed by atoms with E-state index in [2.05, 4.69) is 15.3 Å². The van der Waals surface area contributed by atoms with E-state index in [1.807, 2.05) is 0 Å². The van der Waals surface area contributed by atoms with Crippen molar-refractivity contribution in [1.29, 1.82) is 0 Å². The lowest BCUT2D eigenvalue weighted by atomic mass is 10.1. The molecule has 2 rings (SSSR count). The Morgan fingerprint density at radius 1 is 1.64 bits per heavy atom. The van der Waals surface area contributed by atoms with Gasteiger partial charge in [0.25, 0.3) is 5.56 Å². The van der Waals surface area contributed by atoms with Gasteiger partial charge in [-0.15, -0.1) is 11.6 Å². The van der Waals surface area contributed by atoms with Crippen LogP contribution in [0, 0.1) is 5.41 Å². The smallest absolute Gasteiger partial charge is 0.290 e. The predicted octanol–water partition coefficient (Wildman–Crippen LogP) is 1.20. The summed E-state index contributed by atoms with van der Waals surface area (Å²) in [5.74, 6) is 1.02. The first-order valence-corrected chi connectivity index (χ1v) is 5.13. The van der Waals surface area contributed by atoms with Crippen LogP contribution in [0.2, 0.25) is 0 Å². The third-order valence-corrected chi connectivity index (χ3v) is 3.15. The molecule has 1 aliphatic rings. The zero-order chi connectivity index (χ0) is 10.0. The van der Waals surface area contributed by atoms with Gasteiger partial charge in [0.15, 0.2) is 5.82 Å². The summed E-state index contributed by atoms with van der Waals surface area (Å²) >= 11 is 5.82. The fourth-order valence-electron chi connectivity index (χ4n) is 1.28. The van der Waals surface area contributed by atoms with Crippen LogP contribution in [0.4, 0.5) is 5.82 Å². The molecule has 1 aromatic heterocycles. The standard InChI is InChI=1S/C9H12ClN3O/c10-5-9(1-2-9)6-13-7-8(14)12-4-3-11-7/h3-4H,1-2,5-6H2,(H,11,13)(H,12,14). The van der Waals surface area contributed by atoms with Crippen LogP contribution in [0.25, 0.3) is 0 Å². The highest BCUT2D eigenvalue weighted by atomic mass is 35.5. The van der Waals surface area contributed by atoms with Crippen LogP contribution in [0.1, 0.15) is 12.8 Å². The molecule has 0 atom stereocenters. The first-order chi connectivity index (χ1) is 6.76. The summed E-state index contributed by atoms with van der Waals surface area (Å²) in [7, 11) is 0. The molecule has 0 bridgehead atoms. The van der Waals surface area contributed by atoms with E-state index >= 15 is 0 Å². The molecule has 0 unspecified atom stereocenters. The maximum Gasteiger partial charge on any atom is 0.290 e. The Labute approximate surface area is 86.7 Å². The molecule has 0 amide bonds. The van der Waals surface area contributed by atoms with E-state index in [1.165, 1.54) is 6.20 Å². The van der Waals surface area contributed by atoms with E-state index in [9.17, 15) is 4.79 Å². The monoisotopic (exact) mass is 213 g/mol. The van der Waals surface area contributed by atoms with E-state index in [4.69, 9.17) is 11.6 Å². The second-order valence-electron chi connectivity index (χ2n) is 3.75. The maximum absolute atomic E-state index is 11.2.